The smallest absolute Gasteiger partial charge is 0.244 e. The molecule has 0 fully saturated rings. The Balaban J connectivity index is 1.40. The first-order chi connectivity index (χ1) is 15.6. The molecule has 0 bridgehead atoms. The molecule has 2 N–H and O–H groups in total. The van der Waals surface area contributed by atoms with Crippen LogP contribution in [0.15, 0.2) is 71.6 Å². The summed E-state index contributed by atoms with van der Waals surface area (Å²) in [4.78, 5) is 27.8. The van der Waals surface area contributed by atoms with E-state index >= 15 is 0 Å². The number of nitrogens with one attached hydrogen (secondary N) is 2. The molecular formula is C24H25N3O5. The minimum atomic E-state index is -0.290. The number of ether oxygens (including phenoxy) is 2. The number of carbonyl (C=O) groups excluding carboxylic acids is 2. The average molecular weight is 435 g/mol. The molecule has 0 atom stereocenters. The number of benzene rings is 1. The Morgan fingerprint density at radius 3 is 2.66 bits per heavy atom. The monoisotopic (exact) mass is 435 g/mol. The lowest BCUT2D eigenvalue weighted by Crippen LogP contribution is -2.29. The van der Waals surface area contributed by atoms with Gasteiger partial charge in [-0.05, 0) is 53.6 Å². The topological polar surface area (TPSA) is 103 Å². The first-order valence-corrected chi connectivity index (χ1v) is 10.1. The zero-order valence-corrected chi connectivity index (χ0v) is 17.7. The van der Waals surface area contributed by atoms with Gasteiger partial charge in [0.15, 0.2) is 11.5 Å². The van der Waals surface area contributed by atoms with Gasteiger partial charge in [-0.1, -0.05) is 6.07 Å². The molecule has 3 aromatic rings. The van der Waals surface area contributed by atoms with E-state index in [4.69, 9.17) is 13.9 Å². The van der Waals surface area contributed by atoms with Crippen LogP contribution in [-0.2, 0) is 22.7 Å². The van der Waals surface area contributed by atoms with Crippen molar-refractivity contribution in [3.05, 3.63) is 84.1 Å². The first kappa shape index (κ1) is 22.6. The van der Waals surface area contributed by atoms with Gasteiger partial charge in [0.05, 0.1) is 13.4 Å². The summed E-state index contributed by atoms with van der Waals surface area (Å²) in [5.41, 5.74) is 1.87. The van der Waals surface area contributed by atoms with Gasteiger partial charge in [-0.15, -0.1) is 0 Å². The van der Waals surface area contributed by atoms with Crippen molar-refractivity contribution < 1.29 is 23.5 Å². The van der Waals surface area contributed by atoms with Gasteiger partial charge >= 0.3 is 0 Å². The van der Waals surface area contributed by atoms with Crippen LogP contribution in [-0.4, -0.2) is 30.5 Å². The number of methoxy groups -OCH3 is 1. The number of amides is 2. The van der Waals surface area contributed by atoms with Crippen molar-refractivity contribution in [1.82, 2.24) is 15.6 Å². The maximum atomic E-state index is 12.1. The fourth-order valence-electron chi connectivity index (χ4n) is 2.77. The Morgan fingerprint density at radius 2 is 1.91 bits per heavy atom. The molecule has 2 amide bonds. The average Bonchev–Trinajstić information content (AvgIpc) is 3.35. The normalized spacial score (nSPS) is 10.7. The third kappa shape index (κ3) is 7.32. The van der Waals surface area contributed by atoms with Crippen molar-refractivity contribution in [3.8, 4) is 11.5 Å². The third-order valence-electron chi connectivity index (χ3n) is 4.45. The Kier molecular flexibility index (Phi) is 8.44. The van der Waals surface area contributed by atoms with E-state index in [0.29, 0.717) is 30.4 Å². The second-order valence-corrected chi connectivity index (χ2v) is 6.80. The zero-order chi connectivity index (χ0) is 22.6. The van der Waals surface area contributed by atoms with Gasteiger partial charge < -0.3 is 24.5 Å². The van der Waals surface area contributed by atoms with Crippen molar-refractivity contribution in [1.29, 1.82) is 0 Å². The Labute approximate surface area is 186 Å². The van der Waals surface area contributed by atoms with E-state index in [0.717, 1.165) is 11.1 Å². The Bertz CT molecular complexity index is 1030. The van der Waals surface area contributed by atoms with Crippen LogP contribution < -0.4 is 20.1 Å². The lowest BCUT2D eigenvalue weighted by molar-refractivity contribution is -0.121. The number of hydrogen-bond acceptors (Lipinski definition) is 6. The van der Waals surface area contributed by atoms with Gasteiger partial charge in [-0.25, -0.2) is 0 Å². The molecule has 0 radical (unpaired) electrons. The largest absolute Gasteiger partial charge is 0.493 e. The van der Waals surface area contributed by atoms with Crippen LogP contribution in [0, 0.1) is 0 Å². The summed E-state index contributed by atoms with van der Waals surface area (Å²) in [6, 6.07) is 12.7. The lowest BCUT2D eigenvalue weighted by Gasteiger charge is -2.13. The standard InChI is InChI=1S/C24H25N3O5/c1-30-22-15-19(4-6-21(22)32-17-18-8-11-25-12-9-18)16-27-24(29)10-13-26-23(28)7-5-20-3-2-14-31-20/h2-9,11-12,14-15H,10,13,16-17H2,1H3,(H,26,28)(H,27,29)/b7-5+. The van der Waals surface area contributed by atoms with E-state index in [-0.39, 0.29) is 24.8 Å². The SMILES string of the molecule is COc1cc(CNC(=O)CCNC(=O)/C=C/c2ccco2)ccc1OCc1ccncc1. The van der Waals surface area contributed by atoms with E-state index in [9.17, 15) is 9.59 Å². The molecule has 0 aliphatic carbocycles. The predicted molar refractivity (Wildman–Crippen MR) is 119 cm³/mol. The quantitative estimate of drug-likeness (QED) is 0.449. The highest BCUT2D eigenvalue weighted by molar-refractivity contribution is 5.91. The van der Waals surface area contributed by atoms with Crippen LogP contribution in [0.3, 0.4) is 0 Å². The van der Waals surface area contributed by atoms with Gasteiger partial charge in [0.25, 0.3) is 0 Å². The predicted octanol–water partition coefficient (Wildman–Crippen LogP) is 3.10. The van der Waals surface area contributed by atoms with Crippen molar-refractivity contribution >= 4 is 17.9 Å². The van der Waals surface area contributed by atoms with E-state index in [2.05, 4.69) is 15.6 Å². The van der Waals surface area contributed by atoms with E-state index in [1.165, 1.54) is 12.3 Å². The summed E-state index contributed by atoms with van der Waals surface area (Å²) < 4.78 is 16.3. The number of hydrogen-bond donors (Lipinski definition) is 2. The zero-order valence-electron chi connectivity index (χ0n) is 17.7. The van der Waals surface area contributed by atoms with Crippen LogP contribution in [0.4, 0.5) is 0 Å². The van der Waals surface area contributed by atoms with Crippen molar-refractivity contribution in [2.24, 2.45) is 0 Å². The second kappa shape index (κ2) is 11.9. The van der Waals surface area contributed by atoms with Gasteiger partial charge in [-0.3, -0.25) is 14.6 Å². The molecule has 32 heavy (non-hydrogen) atoms. The summed E-state index contributed by atoms with van der Waals surface area (Å²) >= 11 is 0. The molecule has 166 valence electrons. The number of rotatable bonds is 11. The Morgan fingerprint density at radius 1 is 1.06 bits per heavy atom. The molecule has 0 saturated carbocycles. The van der Waals surface area contributed by atoms with Crippen molar-refractivity contribution in [2.75, 3.05) is 13.7 Å². The van der Waals surface area contributed by atoms with Crippen LogP contribution in [0.2, 0.25) is 0 Å². The third-order valence-corrected chi connectivity index (χ3v) is 4.45. The first-order valence-electron chi connectivity index (χ1n) is 10.1. The van der Waals surface area contributed by atoms with Crippen LogP contribution in [0.1, 0.15) is 23.3 Å². The highest BCUT2D eigenvalue weighted by Crippen LogP contribution is 2.28. The molecule has 8 nitrogen and oxygen atoms in total. The summed E-state index contributed by atoms with van der Waals surface area (Å²) in [7, 11) is 1.57. The highest BCUT2D eigenvalue weighted by Gasteiger charge is 2.08. The number of furan rings is 1. The Hall–Kier alpha value is -4.07. The maximum absolute atomic E-state index is 12.1. The van der Waals surface area contributed by atoms with Gasteiger partial charge in [0, 0.05) is 38.0 Å². The molecule has 0 aliphatic heterocycles. The van der Waals surface area contributed by atoms with Crippen LogP contribution in [0.5, 0.6) is 11.5 Å². The summed E-state index contributed by atoms with van der Waals surface area (Å²) in [5.74, 6) is 1.33. The van der Waals surface area contributed by atoms with E-state index in [1.54, 1.807) is 37.7 Å². The minimum absolute atomic E-state index is 0.169. The molecule has 3 rings (SSSR count). The molecular weight excluding hydrogens is 410 g/mol. The molecule has 0 saturated heterocycles. The highest BCUT2D eigenvalue weighted by atomic mass is 16.5. The molecule has 8 heteroatoms. The number of carbonyl (C=O) groups is 2. The van der Waals surface area contributed by atoms with Crippen molar-refractivity contribution in [2.45, 2.75) is 19.6 Å². The molecule has 2 heterocycles. The van der Waals surface area contributed by atoms with Gasteiger partial charge in [-0.2, -0.15) is 0 Å². The van der Waals surface area contributed by atoms with Crippen LogP contribution >= 0.6 is 0 Å². The molecule has 0 spiro atoms. The van der Waals surface area contributed by atoms with Gasteiger partial charge in [0.1, 0.15) is 12.4 Å². The number of pyridine rings is 1. The minimum Gasteiger partial charge on any atom is -0.493 e. The van der Waals surface area contributed by atoms with Crippen molar-refractivity contribution in [3.63, 3.8) is 0 Å². The molecule has 2 aromatic heterocycles. The number of aromatic nitrogens is 1. The molecule has 1 aromatic carbocycles. The van der Waals surface area contributed by atoms with E-state index < -0.39 is 0 Å². The lowest BCUT2D eigenvalue weighted by atomic mass is 10.2. The second-order valence-electron chi connectivity index (χ2n) is 6.80. The molecule has 0 unspecified atom stereocenters. The summed E-state index contributed by atoms with van der Waals surface area (Å²) in [6.45, 7) is 0.974. The summed E-state index contributed by atoms with van der Waals surface area (Å²) in [5, 5.41) is 5.49. The van der Waals surface area contributed by atoms with E-state index in [1.807, 2.05) is 30.3 Å². The number of nitrogens with zero attached hydrogens (tertiary/aromatic N) is 1. The summed E-state index contributed by atoms with van der Waals surface area (Å²) in [6.07, 6.45) is 8.05. The van der Waals surface area contributed by atoms with Gasteiger partial charge in [0.2, 0.25) is 11.8 Å². The van der Waals surface area contributed by atoms with Crippen LogP contribution in [0.25, 0.3) is 6.08 Å². The molecule has 0 aliphatic rings. The fourth-order valence-corrected chi connectivity index (χ4v) is 2.77. The fraction of sp³-hybridized carbons (Fsp3) is 0.208. The maximum Gasteiger partial charge on any atom is 0.244 e.